The van der Waals surface area contributed by atoms with E-state index >= 15 is 0 Å². The van der Waals surface area contributed by atoms with Crippen molar-refractivity contribution in [3.63, 3.8) is 0 Å². The highest BCUT2D eigenvalue weighted by atomic mass is 19.1. The second-order valence-electron chi connectivity index (χ2n) is 7.02. The van der Waals surface area contributed by atoms with Crippen LogP contribution in [0.2, 0.25) is 0 Å². The predicted molar refractivity (Wildman–Crippen MR) is 99.3 cm³/mol. The van der Waals surface area contributed by atoms with Gasteiger partial charge in [-0.25, -0.2) is 8.78 Å². The third kappa shape index (κ3) is 3.84. The average Bonchev–Trinajstić information content (AvgIpc) is 2.99. The fourth-order valence-corrected chi connectivity index (χ4v) is 3.41. The first kappa shape index (κ1) is 19.0. The van der Waals surface area contributed by atoms with Crippen LogP contribution in [0.15, 0.2) is 36.4 Å². The first-order valence-electron chi connectivity index (χ1n) is 8.90. The summed E-state index contributed by atoms with van der Waals surface area (Å²) in [5.41, 5.74) is 3.11. The second-order valence-corrected chi connectivity index (χ2v) is 7.02. The van der Waals surface area contributed by atoms with Crippen molar-refractivity contribution in [3.05, 3.63) is 64.7 Å². The van der Waals surface area contributed by atoms with Crippen LogP contribution < -0.4 is 10.2 Å². The number of nitrogens with one attached hydrogen (secondary N) is 1. The highest BCUT2D eigenvalue weighted by Crippen LogP contribution is 2.30. The summed E-state index contributed by atoms with van der Waals surface area (Å²) in [5, 5.41) is 2.74. The minimum Gasteiger partial charge on any atom is -0.349 e. The summed E-state index contributed by atoms with van der Waals surface area (Å²) in [6.07, 6.45) is 0.109. The van der Waals surface area contributed by atoms with E-state index in [9.17, 15) is 18.4 Å². The van der Waals surface area contributed by atoms with Gasteiger partial charge in [-0.3, -0.25) is 9.59 Å². The Morgan fingerprint density at radius 1 is 1.22 bits per heavy atom. The number of hydrogen-bond acceptors (Lipinski definition) is 2. The maximum absolute atomic E-state index is 13.9. The third-order valence-electron chi connectivity index (χ3n) is 5.15. The summed E-state index contributed by atoms with van der Waals surface area (Å²) < 4.78 is 27.0. The zero-order valence-corrected chi connectivity index (χ0v) is 15.6. The standard InChI is InChI=1S/C21H22F2N2O2/c1-12-5-4-6-19(13(12)2)25-11-15(9-20(25)26)21(27)24-14(3)17-8-7-16(22)10-18(17)23/h4-8,10,14-15H,9,11H2,1-3H3,(H,24,27). The lowest BCUT2D eigenvalue weighted by Gasteiger charge is -2.21. The van der Waals surface area contributed by atoms with Gasteiger partial charge in [0.25, 0.3) is 0 Å². The van der Waals surface area contributed by atoms with Gasteiger partial charge in [-0.15, -0.1) is 0 Å². The van der Waals surface area contributed by atoms with E-state index in [1.165, 1.54) is 6.07 Å². The van der Waals surface area contributed by atoms with Crippen LogP contribution in [0, 0.1) is 31.4 Å². The van der Waals surface area contributed by atoms with Gasteiger partial charge in [-0.2, -0.15) is 0 Å². The Balaban J connectivity index is 1.71. The molecule has 1 saturated heterocycles. The molecule has 0 spiro atoms. The van der Waals surface area contributed by atoms with E-state index in [0.29, 0.717) is 0 Å². The zero-order valence-electron chi connectivity index (χ0n) is 15.6. The lowest BCUT2D eigenvalue weighted by molar-refractivity contribution is -0.126. The molecule has 2 aromatic rings. The Bertz CT molecular complexity index is 898. The smallest absolute Gasteiger partial charge is 0.227 e. The summed E-state index contributed by atoms with van der Waals surface area (Å²) in [6, 6.07) is 8.37. The molecule has 0 saturated carbocycles. The molecular formula is C21H22F2N2O2. The third-order valence-corrected chi connectivity index (χ3v) is 5.15. The van der Waals surface area contributed by atoms with Crippen molar-refractivity contribution >= 4 is 17.5 Å². The van der Waals surface area contributed by atoms with E-state index in [0.717, 1.165) is 28.9 Å². The van der Waals surface area contributed by atoms with Crippen LogP contribution >= 0.6 is 0 Å². The molecule has 1 aliphatic heterocycles. The Labute approximate surface area is 157 Å². The van der Waals surface area contributed by atoms with Crippen molar-refractivity contribution in [2.24, 2.45) is 5.92 Å². The molecule has 0 bridgehead atoms. The average molecular weight is 372 g/mol. The molecule has 2 atom stereocenters. The SMILES string of the molecule is Cc1cccc(N2CC(C(=O)NC(C)c3ccc(F)cc3F)CC2=O)c1C. The van der Waals surface area contributed by atoms with Crippen molar-refractivity contribution in [1.29, 1.82) is 0 Å². The zero-order chi connectivity index (χ0) is 19.7. The number of amides is 2. The van der Waals surface area contributed by atoms with Crippen LogP contribution in [0.1, 0.15) is 36.1 Å². The van der Waals surface area contributed by atoms with Crippen molar-refractivity contribution < 1.29 is 18.4 Å². The molecule has 0 aliphatic carbocycles. The maximum atomic E-state index is 13.9. The Morgan fingerprint density at radius 3 is 2.67 bits per heavy atom. The maximum Gasteiger partial charge on any atom is 0.227 e. The van der Waals surface area contributed by atoms with Crippen LogP contribution in [0.4, 0.5) is 14.5 Å². The van der Waals surface area contributed by atoms with E-state index in [-0.39, 0.29) is 30.3 Å². The van der Waals surface area contributed by atoms with Gasteiger partial charge in [0.2, 0.25) is 11.8 Å². The number of carbonyl (C=O) groups excluding carboxylic acids is 2. The number of aryl methyl sites for hydroxylation is 1. The molecule has 2 aromatic carbocycles. The molecule has 2 unspecified atom stereocenters. The second kappa shape index (κ2) is 7.47. The van der Waals surface area contributed by atoms with Gasteiger partial charge < -0.3 is 10.2 Å². The van der Waals surface area contributed by atoms with Gasteiger partial charge in [-0.05, 0) is 44.0 Å². The lowest BCUT2D eigenvalue weighted by Crippen LogP contribution is -2.35. The summed E-state index contributed by atoms with van der Waals surface area (Å²) in [7, 11) is 0. The monoisotopic (exact) mass is 372 g/mol. The van der Waals surface area contributed by atoms with E-state index in [4.69, 9.17) is 0 Å². The number of halogens is 2. The molecule has 3 rings (SSSR count). The fraction of sp³-hybridized carbons (Fsp3) is 0.333. The molecule has 1 aliphatic rings. The first-order chi connectivity index (χ1) is 12.8. The molecule has 4 nitrogen and oxygen atoms in total. The molecule has 27 heavy (non-hydrogen) atoms. The Morgan fingerprint density at radius 2 is 1.96 bits per heavy atom. The van der Waals surface area contributed by atoms with Crippen LogP contribution in [0.3, 0.4) is 0 Å². The number of anilines is 1. The van der Waals surface area contributed by atoms with Crippen LogP contribution in [0.25, 0.3) is 0 Å². The van der Waals surface area contributed by atoms with Crippen LogP contribution in [-0.4, -0.2) is 18.4 Å². The van der Waals surface area contributed by atoms with Gasteiger partial charge >= 0.3 is 0 Å². The number of rotatable bonds is 4. The molecule has 142 valence electrons. The van der Waals surface area contributed by atoms with E-state index < -0.39 is 23.6 Å². The molecule has 6 heteroatoms. The van der Waals surface area contributed by atoms with Gasteiger partial charge in [0, 0.05) is 30.3 Å². The number of carbonyl (C=O) groups is 2. The van der Waals surface area contributed by atoms with Gasteiger partial charge in [-0.1, -0.05) is 18.2 Å². The molecular weight excluding hydrogens is 350 g/mol. The molecule has 0 aromatic heterocycles. The largest absolute Gasteiger partial charge is 0.349 e. The van der Waals surface area contributed by atoms with Gasteiger partial charge in [0.05, 0.1) is 12.0 Å². The van der Waals surface area contributed by atoms with Crippen molar-refractivity contribution in [3.8, 4) is 0 Å². The normalized spacial score (nSPS) is 17.9. The van der Waals surface area contributed by atoms with Crippen LogP contribution in [0.5, 0.6) is 0 Å². The van der Waals surface area contributed by atoms with E-state index in [1.807, 2.05) is 32.0 Å². The van der Waals surface area contributed by atoms with Crippen molar-refractivity contribution in [1.82, 2.24) is 5.32 Å². The summed E-state index contributed by atoms with van der Waals surface area (Å²) in [6.45, 7) is 5.84. The minimum absolute atomic E-state index is 0.107. The minimum atomic E-state index is -0.706. The molecule has 2 amide bonds. The summed E-state index contributed by atoms with van der Waals surface area (Å²) >= 11 is 0. The Hall–Kier alpha value is -2.76. The van der Waals surface area contributed by atoms with Crippen LogP contribution in [-0.2, 0) is 9.59 Å². The van der Waals surface area contributed by atoms with E-state index in [1.54, 1.807) is 11.8 Å². The highest BCUT2D eigenvalue weighted by molar-refractivity contribution is 6.01. The van der Waals surface area contributed by atoms with E-state index in [2.05, 4.69) is 5.32 Å². The molecule has 1 fully saturated rings. The summed E-state index contributed by atoms with van der Waals surface area (Å²) in [4.78, 5) is 26.7. The Kier molecular flexibility index (Phi) is 5.26. The lowest BCUT2D eigenvalue weighted by atomic mass is 10.0. The summed E-state index contributed by atoms with van der Waals surface area (Å²) in [5.74, 6) is -2.30. The molecule has 1 N–H and O–H groups in total. The van der Waals surface area contributed by atoms with Crippen molar-refractivity contribution in [2.75, 3.05) is 11.4 Å². The highest BCUT2D eigenvalue weighted by Gasteiger charge is 2.36. The van der Waals surface area contributed by atoms with Gasteiger partial charge in [0.15, 0.2) is 0 Å². The molecule has 1 heterocycles. The quantitative estimate of drug-likeness (QED) is 0.887. The first-order valence-corrected chi connectivity index (χ1v) is 8.90. The van der Waals surface area contributed by atoms with Crippen molar-refractivity contribution in [2.45, 2.75) is 33.2 Å². The predicted octanol–water partition coefficient (Wildman–Crippen LogP) is 3.81. The topological polar surface area (TPSA) is 49.4 Å². The number of nitrogens with zero attached hydrogens (tertiary/aromatic N) is 1. The fourth-order valence-electron chi connectivity index (χ4n) is 3.41. The molecule has 0 radical (unpaired) electrons. The number of hydrogen-bond donors (Lipinski definition) is 1. The van der Waals surface area contributed by atoms with Gasteiger partial charge in [0.1, 0.15) is 11.6 Å². The number of benzene rings is 2.